The minimum absolute atomic E-state index is 0.239. The van der Waals surface area contributed by atoms with Gasteiger partial charge >= 0.3 is 5.69 Å². The fourth-order valence-electron chi connectivity index (χ4n) is 2.75. The molecule has 0 radical (unpaired) electrons. The van der Waals surface area contributed by atoms with Crippen LogP contribution in [0.3, 0.4) is 0 Å². The van der Waals surface area contributed by atoms with E-state index in [9.17, 15) is 18.7 Å². The average molecular weight is 330 g/mol. The lowest BCUT2D eigenvalue weighted by Gasteiger charge is -2.13. The molecule has 1 N–H and O–H groups in total. The molecule has 1 heterocycles. The molecule has 0 aliphatic rings. The molecule has 2 aromatic carbocycles. The summed E-state index contributed by atoms with van der Waals surface area (Å²) in [5.74, 6) is -1.68. The molecule has 0 fully saturated rings. The molecule has 0 aliphatic carbocycles. The normalized spacial score (nSPS) is 12.3. The summed E-state index contributed by atoms with van der Waals surface area (Å²) < 4.78 is 30.2. The van der Waals surface area contributed by atoms with E-state index in [0.717, 1.165) is 12.1 Å². The van der Waals surface area contributed by atoms with Crippen LogP contribution in [0.25, 0.3) is 5.69 Å². The van der Waals surface area contributed by atoms with Gasteiger partial charge in [0.1, 0.15) is 17.7 Å². The van der Waals surface area contributed by atoms with E-state index in [1.807, 2.05) is 18.2 Å². The summed E-state index contributed by atoms with van der Waals surface area (Å²) in [4.78, 5) is 12.6. The quantitative estimate of drug-likeness (QED) is 0.799. The standard InChI is InChI=1S/C18H16F2N2O2/c1-12-10-21(18(24)22(12)13-6-3-2-4-7-13)11-16(23)17-14(19)8-5-9-15(17)20/h2-10,16,23H,11H2,1H3. The van der Waals surface area contributed by atoms with Crippen molar-refractivity contribution in [3.63, 3.8) is 0 Å². The number of rotatable bonds is 4. The van der Waals surface area contributed by atoms with E-state index < -0.39 is 23.3 Å². The van der Waals surface area contributed by atoms with Gasteiger partial charge in [-0.25, -0.2) is 13.6 Å². The highest BCUT2D eigenvalue weighted by molar-refractivity contribution is 5.33. The highest BCUT2D eigenvalue weighted by atomic mass is 19.1. The Balaban J connectivity index is 1.96. The lowest BCUT2D eigenvalue weighted by molar-refractivity contribution is 0.146. The molecular weight excluding hydrogens is 314 g/mol. The van der Waals surface area contributed by atoms with E-state index >= 15 is 0 Å². The molecule has 3 aromatic rings. The van der Waals surface area contributed by atoms with Gasteiger partial charge in [0.05, 0.1) is 17.8 Å². The molecule has 124 valence electrons. The van der Waals surface area contributed by atoms with Crippen LogP contribution in [-0.4, -0.2) is 14.2 Å². The number of nitrogens with zero attached hydrogens (tertiary/aromatic N) is 2. The van der Waals surface area contributed by atoms with Crippen LogP contribution in [0.2, 0.25) is 0 Å². The van der Waals surface area contributed by atoms with Gasteiger partial charge in [0.2, 0.25) is 0 Å². The van der Waals surface area contributed by atoms with Gasteiger partial charge in [-0.2, -0.15) is 0 Å². The SMILES string of the molecule is Cc1cn(CC(O)c2c(F)cccc2F)c(=O)n1-c1ccccc1. The molecule has 0 aliphatic heterocycles. The highest BCUT2D eigenvalue weighted by Gasteiger charge is 2.20. The zero-order chi connectivity index (χ0) is 17.3. The number of imidazole rings is 1. The van der Waals surface area contributed by atoms with E-state index in [4.69, 9.17) is 0 Å². The van der Waals surface area contributed by atoms with Crippen LogP contribution < -0.4 is 5.69 Å². The molecule has 4 nitrogen and oxygen atoms in total. The largest absolute Gasteiger partial charge is 0.386 e. The minimum Gasteiger partial charge on any atom is -0.386 e. The van der Waals surface area contributed by atoms with Crippen LogP contribution in [0.1, 0.15) is 17.4 Å². The monoisotopic (exact) mass is 330 g/mol. The molecule has 1 unspecified atom stereocenters. The number of aliphatic hydroxyl groups is 1. The van der Waals surface area contributed by atoms with Gasteiger partial charge in [0.15, 0.2) is 0 Å². The smallest absolute Gasteiger partial charge is 0.333 e. The molecule has 0 bridgehead atoms. The third-order valence-electron chi connectivity index (χ3n) is 3.85. The van der Waals surface area contributed by atoms with E-state index in [0.29, 0.717) is 11.4 Å². The van der Waals surface area contributed by atoms with E-state index in [1.165, 1.54) is 15.2 Å². The summed E-state index contributed by atoms with van der Waals surface area (Å²) in [6, 6.07) is 12.4. The second kappa shape index (κ2) is 6.41. The lowest BCUT2D eigenvalue weighted by atomic mass is 10.1. The Labute approximate surface area is 137 Å². The van der Waals surface area contributed by atoms with Crippen LogP contribution in [0, 0.1) is 18.6 Å². The second-order valence-electron chi connectivity index (χ2n) is 5.53. The number of hydrogen-bond acceptors (Lipinski definition) is 2. The number of halogens is 2. The van der Waals surface area contributed by atoms with Crippen molar-refractivity contribution in [3.05, 3.63) is 88.1 Å². The predicted molar refractivity (Wildman–Crippen MR) is 86.1 cm³/mol. The minimum atomic E-state index is -1.46. The van der Waals surface area contributed by atoms with Gasteiger partial charge in [-0.05, 0) is 31.2 Å². The summed E-state index contributed by atoms with van der Waals surface area (Å²) in [6.07, 6.45) is 0.0898. The topological polar surface area (TPSA) is 47.2 Å². The maximum atomic E-state index is 13.8. The molecule has 0 saturated carbocycles. The van der Waals surface area contributed by atoms with Gasteiger partial charge < -0.3 is 5.11 Å². The number of hydrogen-bond donors (Lipinski definition) is 1. The Hall–Kier alpha value is -2.73. The van der Waals surface area contributed by atoms with Crippen molar-refractivity contribution in [2.24, 2.45) is 0 Å². The van der Waals surface area contributed by atoms with Crippen molar-refractivity contribution in [3.8, 4) is 5.69 Å². The molecule has 0 spiro atoms. The fraction of sp³-hybridized carbons (Fsp3) is 0.167. The van der Waals surface area contributed by atoms with Crippen LogP contribution >= 0.6 is 0 Å². The summed E-state index contributed by atoms with van der Waals surface area (Å²) in [6.45, 7) is 1.51. The molecule has 24 heavy (non-hydrogen) atoms. The Morgan fingerprint density at radius 1 is 1.04 bits per heavy atom. The summed E-state index contributed by atoms with van der Waals surface area (Å²) in [5, 5.41) is 10.2. The van der Waals surface area contributed by atoms with Crippen molar-refractivity contribution >= 4 is 0 Å². The number of benzene rings is 2. The molecular formula is C18H16F2N2O2. The van der Waals surface area contributed by atoms with Crippen LogP contribution in [-0.2, 0) is 6.54 Å². The van der Waals surface area contributed by atoms with Crippen molar-refractivity contribution in [1.82, 2.24) is 9.13 Å². The first-order chi connectivity index (χ1) is 11.5. The molecule has 6 heteroatoms. The fourth-order valence-corrected chi connectivity index (χ4v) is 2.75. The van der Waals surface area contributed by atoms with Gasteiger partial charge in [0.25, 0.3) is 0 Å². The molecule has 1 atom stereocenters. The Morgan fingerprint density at radius 2 is 1.67 bits per heavy atom. The maximum Gasteiger partial charge on any atom is 0.333 e. The van der Waals surface area contributed by atoms with E-state index in [2.05, 4.69) is 0 Å². The molecule has 3 rings (SSSR count). The zero-order valence-electron chi connectivity index (χ0n) is 13.0. The first-order valence-corrected chi connectivity index (χ1v) is 7.45. The summed E-state index contributed by atoms with van der Waals surface area (Å²) >= 11 is 0. The van der Waals surface area contributed by atoms with Gasteiger partial charge in [-0.15, -0.1) is 0 Å². The van der Waals surface area contributed by atoms with Crippen LogP contribution in [0.4, 0.5) is 8.78 Å². The molecule has 0 saturated heterocycles. The zero-order valence-corrected chi connectivity index (χ0v) is 13.0. The second-order valence-corrected chi connectivity index (χ2v) is 5.53. The summed E-state index contributed by atoms with van der Waals surface area (Å²) in [5.41, 5.74) is 0.529. The van der Waals surface area contributed by atoms with Crippen LogP contribution in [0.15, 0.2) is 59.5 Å². The molecule has 1 aromatic heterocycles. The van der Waals surface area contributed by atoms with E-state index in [1.54, 1.807) is 25.3 Å². The number of aromatic nitrogens is 2. The van der Waals surface area contributed by atoms with Gasteiger partial charge in [-0.1, -0.05) is 24.3 Å². The van der Waals surface area contributed by atoms with Gasteiger partial charge in [0, 0.05) is 11.9 Å². The lowest BCUT2D eigenvalue weighted by Crippen LogP contribution is -2.26. The van der Waals surface area contributed by atoms with Crippen molar-refractivity contribution in [2.45, 2.75) is 19.6 Å². The van der Waals surface area contributed by atoms with Crippen molar-refractivity contribution in [1.29, 1.82) is 0 Å². The average Bonchev–Trinajstić information content (AvgIpc) is 2.82. The molecule has 0 amide bonds. The Bertz CT molecular complexity index is 896. The third-order valence-corrected chi connectivity index (χ3v) is 3.85. The summed E-state index contributed by atoms with van der Waals surface area (Å²) in [7, 11) is 0. The van der Waals surface area contributed by atoms with Crippen molar-refractivity contribution in [2.75, 3.05) is 0 Å². The maximum absolute atomic E-state index is 13.8. The van der Waals surface area contributed by atoms with Gasteiger partial charge in [-0.3, -0.25) is 9.13 Å². The number of para-hydroxylation sites is 1. The third kappa shape index (κ3) is 2.88. The Morgan fingerprint density at radius 3 is 2.29 bits per heavy atom. The predicted octanol–water partition coefficient (Wildman–Crippen LogP) is 2.96. The number of aliphatic hydroxyl groups excluding tert-OH is 1. The Kier molecular flexibility index (Phi) is 4.31. The van der Waals surface area contributed by atoms with E-state index in [-0.39, 0.29) is 12.2 Å². The van der Waals surface area contributed by atoms with Crippen LogP contribution in [0.5, 0.6) is 0 Å². The first-order valence-electron chi connectivity index (χ1n) is 7.45. The highest BCUT2D eigenvalue weighted by Crippen LogP contribution is 2.22. The first kappa shape index (κ1) is 16.1. The number of aryl methyl sites for hydroxylation is 1. The van der Waals surface area contributed by atoms with Crippen molar-refractivity contribution < 1.29 is 13.9 Å².